The lowest BCUT2D eigenvalue weighted by Crippen LogP contribution is -2.17. The van der Waals surface area contributed by atoms with Crippen LogP contribution < -0.4 is 10.1 Å². The molecule has 4 aromatic rings. The fourth-order valence-electron chi connectivity index (χ4n) is 3.20. The van der Waals surface area contributed by atoms with Crippen LogP contribution in [-0.2, 0) is 5.41 Å². The zero-order valence-electron chi connectivity index (χ0n) is 17.3. The Balaban J connectivity index is 1.50. The molecule has 0 fully saturated rings. The standard InChI is InChI=1S/C24H21Cl2N3O2/c1-24(2,3)14-7-9-15(10-8-14)27-23(30)31-16-11-12-19-20(13-16)29-22(28-19)21-17(25)5-4-6-18(21)26/h4-13H,1-3H3,(H,27,30)(H,28,29). The molecule has 2 N–H and O–H groups in total. The third-order valence-corrected chi connectivity index (χ3v) is 5.49. The van der Waals surface area contributed by atoms with Gasteiger partial charge in [-0.05, 0) is 47.4 Å². The van der Waals surface area contributed by atoms with Crippen LogP contribution in [0.1, 0.15) is 26.3 Å². The first-order chi connectivity index (χ1) is 14.7. The molecule has 0 saturated heterocycles. The molecule has 0 aliphatic rings. The van der Waals surface area contributed by atoms with E-state index in [1.807, 2.05) is 24.3 Å². The Morgan fingerprint density at radius 2 is 1.68 bits per heavy atom. The molecule has 4 rings (SSSR count). The van der Waals surface area contributed by atoms with E-state index in [1.165, 1.54) is 5.56 Å². The number of benzene rings is 3. The van der Waals surface area contributed by atoms with Crippen molar-refractivity contribution in [2.45, 2.75) is 26.2 Å². The number of amides is 1. The highest BCUT2D eigenvalue weighted by atomic mass is 35.5. The average molecular weight is 454 g/mol. The fourth-order valence-corrected chi connectivity index (χ4v) is 3.78. The van der Waals surface area contributed by atoms with Crippen molar-refractivity contribution in [2.75, 3.05) is 5.32 Å². The summed E-state index contributed by atoms with van der Waals surface area (Å²) in [4.78, 5) is 20.0. The number of nitrogens with one attached hydrogen (secondary N) is 2. The predicted molar refractivity (Wildman–Crippen MR) is 126 cm³/mol. The summed E-state index contributed by atoms with van der Waals surface area (Å²) in [6.07, 6.45) is -0.572. The lowest BCUT2D eigenvalue weighted by molar-refractivity contribution is 0.215. The van der Waals surface area contributed by atoms with E-state index < -0.39 is 6.09 Å². The number of halogens is 2. The van der Waals surface area contributed by atoms with Crippen LogP contribution in [0, 0.1) is 0 Å². The average Bonchev–Trinajstić information content (AvgIpc) is 3.10. The minimum atomic E-state index is -0.572. The van der Waals surface area contributed by atoms with Crippen molar-refractivity contribution >= 4 is 46.0 Å². The van der Waals surface area contributed by atoms with E-state index in [0.29, 0.717) is 43.9 Å². The van der Waals surface area contributed by atoms with E-state index in [0.717, 1.165) is 0 Å². The first-order valence-electron chi connectivity index (χ1n) is 9.74. The summed E-state index contributed by atoms with van der Waals surface area (Å²) in [7, 11) is 0. The van der Waals surface area contributed by atoms with E-state index in [4.69, 9.17) is 27.9 Å². The van der Waals surface area contributed by atoms with Crippen LogP contribution in [0.15, 0.2) is 60.7 Å². The topological polar surface area (TPSA) is 67.0 Å². The number of imidazole rings is 1. The maximum absolute atomic E-state index is 12.3. The van der Waals surface area contributed by atoms with Crippen molar-refractivity contribution in [3.63, 3.8) is 0 Å². The third-order valence-electron chi connectivity index (χ3n) is 4.86. The summed E-state index contributed by atoms with van der Waals surface area (Å²) in [5.74, 6) is 0.933. The summed E-state index contributed by atoms with van der Waals surface area (Å²) in [6.45, 7) is 6.42. The quantitative estimate of drug-likeness (QED) is 0.338. The van der Waals surface area contributed by atoms with E-state index in [-0.39, 0.29) is 5.41 Å². The minimum absolute atomic E-state index is 0.0472. The van der Waals surface area contributed by atoms with E-state index in [1.54, 1.807) is 36.4 Å². The first-order valence-corrected chi connectivity index (χ1v) is 10.5. The van der Waals surface area contributed by atoms with Crippen LogP contribution in [-0.4, -0.2) is 16.1 Å². The molecule has 1 amide bonds. The number of aromatic nitrogens is 2. The van der Waals surface area contributed by atoms with Gasteiger partial charge in [-0.15, -0.1) is 0 Å². The van der Waals surface area contributed by atoms with Gasteiger partial charge < -0.3 is 9.72 Å². The van der Waals surface area contributed by atoms with Crippen molar-refractivity contribution < 1.29 is 9.53 Å². The minimum Gasteiger partial charge on any atom is -0.410 e. The van der Waals surface area contributed by atoms with Gasteiger partial charge in [0.15, 0.2) is 0 Å². The highest BCUT2D eigenvalue weighted by molar-refractivity contribution is 6.39. The van der Waals surface area contributed by atoms with Crippen molar-refractivity contribution in [3.05, 3.63) is 76.3 Å². The Kier molecular flexibility index (Phi) is 5.65. The molecule has 0 radical (unpaired) electrons. The second kappa shape index (κ2) is 8.25. The summed E-state index contributed by atoms with van der Waals surface area (Å²) in [5, 5.41) is 3.74. The zero-order valence-corrected chi connectivity index (χ0v) is 18.8. The van der Waals surface area contributed by atoms with Crippen LogP contribution in [0.2, 0.25) is 10.0 Å². The molecule has 0 spiro atoms. The second-order valence-corrected chi connectivity index (χ2v) is 9.02. The summed E-state index contributed by atoms with van der Waals surface area (Å²) >= 11 is 12.6. The molecule has 1 heterocycles. The summed E-state index contributed by atoms with van der Waals surface area (Å²) < 4.78 is 5.44. The van der Waals surface area contributed by atoms with E-state index >= 15 is 0 Å². The van der Waals surface area contributed by atoms with Gasteiger partial charge in [-0.3, -0.25) is 5.32 Å². The van der Waals surface area contributed by atoms with Crippen molar-refractivity contribution in [1.29, 1.82) is 0 Å². The van der Waals surface area contributed by atoms with E-state index in [9.17, 15) is 4.79 Å². The van der Waals surface area contributed by atoms with Gasteiger partial charge in [-0.2, -0.15) is 0 Å². The number of hydrogen-bond acceptors (Lipinski definition) is 3. The number of aromatic amines is 1. The maximum atomic E-state index is 12.3. The van der Waals surface area contributed by atoms with Gasteiger partial charge in [0.2, 0.25) is 0 Å². The number of carbonyl (C=O) groups excluding carboxylic acids is 1. The molecule has 0 aliphatic carbocycles. The third kappa shape index (κ3) is 4.68. The number of carbonyl (C=O) groups is 1. The molecule has 0 aliphatic heterocycles. The lowest BCUT2D eigenvalue weighted by atomic mass is 9.87. The summed E-state index contributed by atoms with van der Waals surface area (Å²) in [5.41, 5.74) is 3.93. The van der Waals surface area contributed by atoms with Crippen LogP contribution in [0.5, 0.6) is 5.75 Å². The van der Waals surface area contributed by atoms with Gasteiger partial charge in [-0.1, -0.05) is 62.2 Å². The predicted octanol–water partition coefficient (Wildman–Crippen LogP) is 7.45. The molecular weight excluding hydrogens is 433 g/mol. The number of anilines is 1. The van der Waals surface area contributed by atoms with Gasteiger partial charge >= 0.3 is 6.09 Å². The SMILES string of the molecule is CC(C)(C)c1ccc(NC(=O)Oc2ccc3nc(-c4c(Cl)cccc4Cl)[nH]c3c2)cc1. The normalized spacial score (nSPS) is 11.5. The first kappa shape index (κ1) is 21.2. The molecular formula is C24H21Cl2N3O2. The number of rotatable bonds is 3. The highest BCUT2D eigenvalue weighted by Gasteiger charge is 2.15. The van der Waals surface area contributed by atoms with Crippen molar-refractivity contribution in [3.8, 4) is 17.1 Å². The molecule has 0 atom stereocenters. The Morgan fingerprint density at radius 3 is 2.32 bits per heavy atom. The second-order valence-electron chi connectivity index (χ2n) is 8.20. The van der Waals surface area contributed by atoms with Gasteiger partial charge in [0.1, 0.15) is 11.6 Å². The van der Waals surface area contributed by atoms with Crippen molar-refractivity contribution in [1.82, 2.24) is 9.97 Å². The molecule has 158 valence electrons. The Hall–Kier alpha value is -3.02. The van der Waals surface area contributed by atoms with Gasteiger partial charge in [-0.25, -0.2) is 9.78 Å². The van der Waals surface area contributed by atoms with Gasteiger partial charge in [0.25, 0.3) is 0 Å². The molecule has 5 nitrogen and oxygen atoms in total. The Morgan fingerprint density at radius 1 is 1.00 bits per heavy atom. The molecule has 0 saturated carbocycles. The van der Waals surface area contributed by atoms with Gasteiger partial charge in [0.05, 0.1) is 26.6 Å². The number of fused-ring (bicyclic) bond motifs is 1. The van der Waals surface area contributed by atoms with Crippen LogP contribution in [0.4, 0.5) is 10.5 Å². The van der Waals surface area contributed by atoms with Crippen LogP contribution >= 0.6 is 23.2 Å². The largest absolute Gasteiger partial charge is 0.417 e. The Labute approximate surface area is 190 Å². The van der Waals surface area contributed by atoms with Crippen LogP contribution in [0.3, 0.4) is 0 Å². The highest BCUT2D eigenvalue weighted by Crippen LogP contribution is 2.34. The molecule has 7 heteroatoms. The van der Waals surface area contributed by atoms with Crippen LogP contribution in [0.25, 0.3) is 22.4 Å². The number of H-pyrrole nitrogens is 1. The number of ether oxygens (including phenoxy) is 1. The van der Waals surface area contributed by atoms with Gasteiger partial charge in [0, 0.05) is 11.8 Å². The Bertz CT molecular complexity index is 1240. The summed E-state index contributed by atoms with van der Waals surface area (Å²) in [6, 6.07) is 18.1. The monoisotopic (exact) mass is 453 g/mol. The lowest BCUT2D eigenvalue weighted by Gasteiger charge is -2.19. The zero-order chi connectivity index (χ0) is 22.2. The van der Waals surface area contributed by atoms with E-state index in [2.05, 4.69) is 36.1 Å². The molecule has 31 heavy (non-hydrogen) atoms. The number of nitrogens with zero attached hydrogens (tertiary/aromatic N) is 1. The molecule has 0 unspecified atom stereocenters. The number of hydrogen-bond donors (Lipinski definition) is 2. The van der Waals surface area contributed by atoms with Crippen molar-refractivity contribution in [2.24, 2.45) is 0 Å². The molecule has 0 bridgehead atoms. The maximum Gasteiger partial charge on any atom is 0.417 e. The molecule has 1 aromatic heterocycles. The fraction of sp³-hybridized carbons (Fsp3) is 0.167. The molecule has 3 aromatic carbocycles. The smallest absolute Gasteiger partial charge is 0.410 e.